The zero-order valence-corrected chi connectivity index (χ0v) is 17.7. The molecule has 5 heteroatoms. The summed E-state index contributed by atoms with van der Waals surface area (Å²) in [6.45, 7) is 17.6. The molecular weight excluding hydrogens is 328 g/mol. The molecule has 0 aromatic heterocycles. The Kier molecular flexibility index (Phi) is 23.3. The van der Waals surface area contributed by atoms with Gasteiger partial charge in [-0.05, 0) is 45.3 Å². The number of esters is 1. The second-order valence-electron chi connectivity index (χ2n) is 4.69. The van der Waals surface area contributed by atoms with E-state index in [4.69, 9.17) is 4.74 Å². The van der Waals surface area contributed by atoms with Crippen molar-refractivity contribution in [2.45, 2.75) is 48.0 Å². The largest absolute Gasteiger partial charge is 0.426 e. The number of nitrogens with two attached hydrogens (primary N) is 1. The number of hydrogen-bond donors (Lipinski definition) is 1. The van der Waals surface area contributed by atoms with Gasteiger partial charge < -0.3 is 15.4 Å². The smallest absolute Gasteiger partial charge is 0.308 e. The van der Waals surface area contributed by atoms with Crippen molar-refractivity contribution < 1.29 is 14.3 Å². The molecule has 0 aliphatic carbocycles. The van der Waals surface area contributed by atoms with Crippen LogP contribution in [0.5, 0.6) is 0 Å². The summed E-state index contributed by atoms with van der Waals surface area (Å²) in [4.78, 5) is 25.2. The van der Waals surface area contributed by atoms with Crippen LogP contribution in [0.3, 0.4) is 0 Å². The van der Waals surface area contributed by atoms with Crippen molar-refractivity contribution in [3.05, 3.63) is 48.3 Å². The molecule has 0 amide bonds. The summed E-state index contributed by atoms with van der Waals surface area (Å²) < 4.78 is 5.12. The first-order valence-electron chi connectivity index (χ1n) is 9.17. The molecule has 0 aromatic rings. The summed E-state index contributed by atoms with van der Waals surface area (Å²) in [5, 5.41) is 0. The lowest BCUT2D eigenvalue weighted by Gasteiger charge is -2.16. The lowest BCUT2D eigenvalue weighted by Crippen LogP contribution is -2.25. The minimum absolute atomic E-state index is 0.0360. The molecule has 26 heavy (non-hydrogen) atoms. The maximum atomic E-state index is 11.9. The molecule has 0 fully saturated rings. The first-order valence-corrected chi connectivity index (χ1v) is 9.17. The highest BCUT2D eigenvalue weighted by atomic mass is 16.5. The maximum absolute atomic E-state index is 11.9. The summed E-state index contributed by atoms with van der Waals surface area (Å²) in [6.07, 6.45) is 8.60. The number of ketones is 1. The fraction of sp³-hybridized carbons (Fsp3) is 0.524. The molecule has 5 nitrogen and oxygen atoms in total. The van der Waals surface area contributed by atoms with Gasteiger partial charge in [0.05, 0.1) is 0 Å². The van der Waals surface area contributed by atoms with E-state index in [1.807, 2.05) is 20.8 Å². The summed E-state index contributed by atoms with van der Waals surface area (Å²) in [5.41, 5.74) is 5.10. The summed E-state index contributed by atoms with van der Waals surface area (Å²) in [7, 11) is 1.50. The van der Waals surface area contributed by atoms with Crippen molar-refractivity contribution in [3.8, 4) is 0 Å². The lowest BCUT2D eigenvalue weighted by molar-refractivity contribution is -0.136. The molecule has 0 aromatic carbocycles. The van der Waals surface area contributed by atoms with E-state index >= 15 is 0 Å². The van der Waals surface area contributed by atoms with Gasteiger partial charge in [0, 0.05) is 25.5 Å². The van der Waals surface area contributed by atoms with Crippen molar-refractivity contribution >= 4 is 11.8 Å². The van der Waals surface area contributed by atoms with Crippen LogP contribution < -0.4 is 5.73 Å². The zero-order chi connectivity index (χ0) is 21.0. The molecule has 0 bridgehead atoms. The fourth-order valence-corrected chi connectivity index (χ4v) is 1.82. The Hall–Kier alpha value is -1.98. The third-order valence-electron chi connectivity index (χ3n) is 3.09. The molecule has 0 aliphatic heterocycles. The van der Waals surface area contributed by atoms with Crippen LogP contribution >= 0.6 is 0 Å². The van der Waals surface area contributed by atoms with Crippen LogP contribution in [0.15, 0.2) is 48.3 Å². The molecule has 0 saturated carbocycles. The molecule has 0 heterocycles. The van der Waals surface area contributed by atoms with Gasteiger partial charge in [0.1, 0.15) is 5.76 Å². The SMILES string of the molecule is C=CC(/C=C/C(=O)CCN(CC)CC)=C(\C=C/C)OC(C)=O.CC.CN. The van der Waals surface area contributed by atoms with E-state index in [1.54, 1.807) is 24.3 Å². The first kappa shape index (κ1) is 28.8. The summed E-state index contributed by atoms with van der Waals surface area (Å²) >= 11 is 0. The van der Waals surface area contributed by atoms with Crippen LogP contribution in [0.1, 0.15) is 48.0 Å². The second-order valence-corrected chi connectivity index (χ2v) is 4.69. The minimum atomic E-state index is -0.409. The van der Waals surface area contributed by atoms with Gasteiger partial charge in [-0.1, -0.05) is 46.4 Å². The van der Waals surface area contributed by atoms with Crippen LogP contribution in [-0.2, 0) is 14.3 Å². The van der Waals surface area contributed by atoms with Gasteiger partial charge in [-0.2, -0.15) is 0 Å². The average molecular weight is 367 g/mol. The molecule has 0 saturated heterocycles. The van der Waals surface area contributed by atoms with E-state index in [2.05, 4.69) is 31.1 Å². The minimum Gasteiger partial charge on any atom is -0.426 e. The Morgan fingerprint density at radius 3 is 2.00 bits per heavy atom. The first-order chi connectivity index (χ1) is 12.5. The van der Waals surface area contributed by atoms with Gasteiger partial charge in [-0.3, -0.25) is 9.59 Å². The van der Waals surface area contributed by atoms with Gasteiger partial charge in [0.25, 0.3) is 0 Å². The maximum Gasteiger partial charge on any atom is 0.308 e. The van der Waals surface area contributed by atoms with Gasteiger partial charge in [-0.25, -0.2) is 0 Å². The topological polar surface area (TPSA) is 72.6 Å². The van der Waals surface area contributed by atoms with Crippen molar-refractivity contribution in [1.82, 2.24) is 4.90 Å². The quantitative estimate of drug-likeness (QED) is 0.273. The van der Waals surface area contributed by atoms with Crippen LogP contribution in [0.4, 0.5) is 0 Å². The zero-order valence-electron chi connectivity index (χ0n) is 17.7. The molecule has 0 aliphatic rings. The van der Waals surface area contributed by atoms with Crippen LogP contribution in [0.2, 0.25) is 0 Å². The van der Waals surface area contributed by atoms with Crippen molar-refractivity contribution in [2.24, 2.45) is 5.73 Å². The molecule has 2 N–H and O–H groups in total. The summed E-state index contributed by atoms with van der Waals surface area (Å²) in [5.74, 6) is 0.0143. The highest BCUT2D eigenvalue weighted by Gasteiger charge is 2.05. The number of nitrogens with zero attached hydrogens (tertiary/aromatic N) is 1. The lowest BCUT2D eigenvalue weighted by atomic mass is 10.1. The monoisotopic (exact) mass is 366 g/mol. The van der Waals surface area contributed by atoms with E-state index < -0.39 is 5.97 Å². The van der Waals surface area contributed by atoms with Gasteiger partial charge >= 0.3 is 5.97 Å². The van der Waals surface area contributed by atoms with E-state index in [1.165, 1.54) is 20.0 Å². The Labute approximate surface area is 160 Å². The Bertz CT molecular complexity index is 474. The van der Waals surface area contributed by atoms with Crippen LogP contribution in [0.25, 0.3) is 0 Å². The van der Waals surface area contributed by atoms with Gasteiger partial charge in [0.15, 0.2) is 5.78 Å². The van der Waals surface area contributed by atoms with E-state index in [-0.39, 0.29) is 5.78 Å². The third-order valence-corrected chi connectivity index (χ3v) is 3.09. The molecule has 0 rings (SSSR count). The van der Waals surface area contributed by atoms with E-state index in [0.29, 0.717) is 17.8 Å². The predicted octanol–water partition coefficient (Wildman–Crippen LogP) is 4.02. The van der Waals surface area contributed by atoms with Crippen molar-refractivity contribution in [2.75, 3.05) is 26.7 Å². The number of allylic oxidation sites excluding steroid dienone is 6. The number of carbonyl (C=O) groups excluding carboxylic acids is 2. The fourth-order valence-electron chi connectivity index (χ4n) is 1.82. The Morgan fingerprint density at radius 2 is 1.62 bits per heavy atom. The Morgan fingerprint density at radius 1 is 1.08 bits per heavy atom. The standard InChI is InChI=1S/C18H27NO3.C2H6.CH5N/c1-6-10-18(22-15(5)20)16(7-2)11-12-17(21)13-14-19(8-3)9-4;2*1-2/h6-7,10-12H,2,8-9,13-14H2,1,3-5H3;1-2H3;2H2,1H3/b10-6-,12-11+,18-16-;;. The molecule has 0 radical (unpaired) electrons. The number of ether oxygens (including phenoxy) is 1. The normalized spacial score (nSPS) is 11.3. The number of rotatable bonds is 10. The van der Waals surface area contributed by atoms with Gasteiger partial charge in [0.2, 0.25) is 0 Å². The Balaban J connectivity index is -0.00000123. The number of hydrogen-bond acceptors (Lipinski definition) is 5. The number of carbonyl (C=O) groups is 2. The second kappa shape index (κ2) is 21.1. The molecular formula is C21H38N2O3. The van der Waals surface area contributed by atoms with Crippen LogP contribution in [-0.4, -0.2) is 43.3 Å². The highest BCUT2D eigenvalue weighted by Crippen LogP contribution is 2.12. The highest BCUT2D eigenvalue weighted by molar-refractivity contribution is 5.90. The van der Waals surface area contributed by atoms with E-state index in [0.717, 1.165) is 19.6 Å². The molecule has 150 valence electrons. The third kappa shape index (κ3) is 15.5. The molecule has 0 spiro atoms. The molecule has 0 atom stereocenters. The van der Waals surface area contributed by atoms with E-state index in [9.17, 15) is 9.59 Å². The average Bonchev–Trinajstić information content (AvgIpc) is 2.66. The van der Waals surface area contributed by atoms with Crippen molar-refractivity contribution in [3.63, 3.8) is 0 Å². The van der Waals surface area contributed by atoms with Gasteiger partial charge in [-0.15, -0.1) is 0 Å². The predicted molar refractivity (Wildman–Crippen MR) is 112 cm³/mol. The molecule has 0 unspecified atom stereocenters. The van der Waals surface area contributed by atoms with Crippen molar-refractivity contribution in [1.29, 1.82) is 0 Å². The van der Waals surface area contributed by atoms with Crippen LogP contribution in [0, 0.1) is 0 Å². The summed E-state index contributed by atoms with van der Waals surface area (Å²) in [6, 6.07) is 0.